The molecule has 4 rings (SSSR count). The summed E-state index contributed by atoms with van der Waals surface area (Å²) in [5, 5.41) is 17.8. The Morgan fingerprint density at radius 3 is 2.63 bits per heavy atom. The molecular weight excluding hydrogens is 240 g/mol. The van der Waals surface area contributed by atoms with E-state index in [2.05, 4.69) is 10.2 Å². The summed E-state index contributed by atoms with van der Waals surface area (Å²) in [6.07, 6.45) is -0.506. The zero-order valence-corrected chi connectivity index (χ0v) is 10.6. The molecule has 96 valence electrons. The fourth-order valence-corrected chi connectivity index (χ4v) is 2.03. The van der Waals surface area contributed by atoms with Gasteiger partial charge in [0.05, 0.1) is 23.0 Å². The number of hydrogen-bond acceptors (Lipinski definition) is 4. The third-order valence-corrected chi connectivity index (χ3v) is 2.91. The molecule has 0 spiro atoms. The van der Waals surface area contributed by atoms with E-state index in [1.165, 1.54) is 0 Å². The molecular formula is C15H14N2O2. The van der Waals surface area contributed by atoms with Gasteiger partial charge in [0.2, 0.25) is 0 Å². The Morgan fingerprint density at radius 1 is 1.11 bits per heavy atom. The van der Waals surface area contributed by atoms with Gasteiger partial charge in [-0.25, -0.2) is 0 Å². The van der Waals surface area contributed by atoms with E-state index < -0.39 is 6.10 Å². The van der Waals surface area contributed by atoms with Crippen molar-refractivity contribution >= 4 is 11.4 Å². The molecule has 4 nitrogen and oxygen atoms in total. The molecule has 2 heterocycles. The van der Waals surface area contributed by atoms with E-state index in [1.807, 2.05) is 42.5 Å². The zero-order valence-electron chi connectivity index (χ0n) is 10.6. The number of fused-ring (bicyclic) bond motifs is 2. The predicted molar refractivity (Wildman–Crippen MR) is 73.2 cm³/mol. The third kappa shape index (κ3) is 2.35. The molecule has 0 aromatic heterocycles. The van der Waals surface area contributed by atoms with Crippen LogP contribution in [0.1, 0.15) is 6.92 Å². The van der Waals surface area contributed by atoms with Crippen LogP contribution in [0.25, 0.3) is 11.1 Å². The first-order valence-electron chi connectivity index (χ1n) is 6.20. The fourth-order valence-electron chi connectivity index (χ4n) is 2.03. The van der Waals surface area contributed by atoms with Crippen molar-refractivity contribution < 1.29 is 9.84 Å². The second-order valence-corrected chi connectivity index (χ2v) is 4.56. The SMILES string of the molecule is CC(O)COc1cccc2c1-c1ccc(cc1)N=N2. The zero-order chi connectivity index (χ0) is 13.2. The maximum absolute atomic E-state index is 9.34. The van der Waals surface area contributed by atoms with Gasteiger partial charge >= 0.3 is 0 Å². The Hall–Kier alpha value is -2.20. The van der Waals surface area contributed by atoms with Gasteiger partial charge in [0.25, 0.3) is 0 Å². The van der Waals surface area contributed by atoms with Gasteiger partial charge in [-0.1, -0.05) is 18.2 Å². The molecule has 2 aromatic rings. The van der Waals surface area contributed by atoms with Gasteiger partial charge in [-0.3, -0.25) is 0 Å². The van der Waals surface area contributed by atoms with Crippen LogP contribution in [-0.2, 0) is 0 Å². The van der Waals surface area contributed by atoms with E-state index >= 15 is 0 Å². The topological polar surface area (TPSA) is 54.2 Å². The van der Waals surface area contributed by atoms with Crippen LogP contribution in [0.2, 0.25) is 0 Å². The van der Waals surface area contributed by atoms with Crippen molar-refractivity contribution in [3.8, 4) is 16.9 Å². The highest BCUT2D eigenvalue weighted by Gasteiger charge is 2.14. The molecule has 2 aromatic carbocycles. The Bertz CT molecular complexity index is 619. The van der Waals surface area contributed by atoms with E-state index in [1.54, 1.807) is 6.92 Å². The van der Waals surface area contributed by atoms with Gasteiger partial charge in [0.15, 0.2) is 0 Å². The van der Waals surface area contributed by atoms with Crippen molar-refractivity contribution in [3.05, 3.63) is 42.5 Å². The molecule has 1 N–H and O–H groups in total. The predicted octanol–water partition coefficient (Wildman–Crippen LogP) is 3.84. The normalized spacial score (nSPS) is 13.6. The van der Waals surface area contributed by atoms with E-state index in [4.69, 9.17) is 4.74 Å². The summed E-state index contributed by atoms with van der Waals surface area (Å²) < 4.78 is 5.66. The summed E-state index contributed by atoms with van der Waals surface area (Å²) in [5.74, 6) is 0.715. The molecule has 2 bridgehead atoms. The number of benzene rings is 2. The molecule has 2 aliphatic heterocycles. The fraction of sp³-hybridized carbons (Fsp3) is 0.200. The molecule has 0 saturated carbocycles. The quantitative estimate of drug-likeness (QED) is 0.772. The molecule has 0 amide bonds. The van der Waals surface area contributed by atoms with Crippen LogP contribution in [-0.4, -0.2) is 17.8 Å². The van der Waals surface area contributed by atoms with Crippen molar-refractivity contribution in [2.45, 2.75) is 13.0 Å². The van der Waals surface area contributed by atoms with Crippen molar-refractivity contribution in [1.82, 2.24) is 0 Å². The van der Waals surface area contributed by atoms with Crippen LogP contribution in [0.15, 0.2) is 52.7 Å². The molecule has 0 fully saturated rings. The molecule has 0 saturated heterocycles. The summed E-state index contributed by atoms with van der Waals surface area (Å²) in [6, 6.07) is 13.5. The second kappa shape index (κ2) is 4.82. The minimum Gasteiger partial charge on any atom is -0.490 e. The van der Waals surface area contributed by atoms with Crippen molar-refractivity contribution in [1.29, 1.82) is 0 Å². The standard InChI is InChI=1S/C15H14N2O2/c1-10(18)9-19-14-4-2-3-13-15(14)11-5-7-12(8-6-11)16-17-13/h2-8,10,18H,9H2,1H3. The first-order valence-corrected chi connectivity index (χ1v) is 6.20. The lowest BCUT2D eigenvalue weighted by Crippen LogP contribution is -2.13. The van der Waals surface area contributed by atoms with Crippen LogP contribution in [0.3, 0.4) is 0 Å². The largest absolute Gasteiger partial charge is 0.490 e. The van der Waals surface area contributed by atoms with E-state index in [0.29, 0.717) is 5.75 Å². The summed E-state index contributed by atoms with van der Waals surface area (Å²) in [4.78, 5) is 0. The maximum Gasteiger partial charge on any atom is 0.129 e. The van der Waals surface area contributed by atoms with Gasteiger partial charge in [-0.05, 0) is 36.8 Å². The monoisotopic (exact) mass is 254 g/mol. The van der Waals surface area contributed by atoms with E-state index in [0.717, 1.165) is 22.5 Å². The van der Waals surface area contributed by atoms with Gasteiger partial charge in [-0.15, -0.1) is 5.11 Å². The lowest BCUT2D eigenvalue weighted by Gasteiger charge is -2.15. The summed E-state index contributed by atoms with van der Waals surface area (Å²) in [6.45, 7) is 1.95. The molecule has 4 heteroatoms. The number of azo groups is 1. The Kier molecular flexibility index (Phi) is 3.01. The molecule has 1 unspecified atom stereocenters. The van der Waals surface area contributed by atoms with Gasteiger partial charge in [0, 0.05) is 0 Å². The highest BCUT2D eigenvalue weighted by Crippen LogP contribution is 2.41. The molecule has 19 heavy (non-hydrogen) atoms. The van der Waals surface area contributed by atoms with Crippen molar-refractivity contribution in [3.63, 3.8) is 0 Å². The average Bonchev–Trinajstić information content (AvgIpc) is 2.40. The highest BCUT2D eigenvalue weighted by molar-refractivity contribution is 5.82. The average molecular weight is 254 g/mol. The Labute approximate surface area is 111 Å². The lowest BCUT2D eigenvalue weighted by atomic mass is 10.0. The maximum atomic E-state index is 9.34. The lowest BCUT2D eigenvalue weighted by molar-refractivity contribution is 0.123. The Morgan fingerprint density at radius 2 is 1.89 bits per heavy atom. The molecule has 1 atom stereocenters. The van der Waals surface area contributed by atoms with Crippen LogP contribution < -0.4 is 4.74 Å². The number of hydrogen-bond donors (Lipinski definition) is 1. The molecule has 0 aliphatic carbocycles. The first kappa shape index (κ1) is 11.9. The molecule has 0 radical (unpaired) electrons. The third-order valence-electron chi connectivity index (χ3n) is 2.91. The minimum absolute atomic E-state index is 0.256. The molecule has 2 aliphatic rings. The minimum atomic E-state index is -0.506. The van der Waals surface area contributed by atoms with Gasteiger partial charge < -0.3 is 9.84 Å². The van der Waals surface area contributed by atoms with Crippen LogP contribution in [0, 0.1) is 0 Å². The number of ether oxygens (including phenoxy) is 1. The number of aliphatic hydroxyl groups excluding tert-OH is 1. The van der Waals surface area contributed by atoms with Gasteiger partial charge in [0.1, 0.15) is 12.4 Å². The van der Waals surface area contributed by atoms with Gasteiger partial charge in [-0.2, -0.15) is 5.11 Å². The Balaban J connectivity index is 2.09. The summed E-state index contributed by atoms with van der Waals surface area (Å²) in [7, 11) is 0. The summed E-state index contributed by atoms with van der Waals surface area (Å²) >= 11 is 0. The van der Waals surface area contributed by atoms with Crippen LogP contribution in [0.4, 0.5) is 11.4 Å². The second-order valence-electron chi connectivity index (χ2n) is 4.56. The smallest absolute Gasteiger partial charge is 0.129 e. The van der Waals surface area contributed by atoms with Crippen LogP contribution >= 0.6 is 0 Å². The number of aliphatic hydroxyl groups is 1. The summed E-state index contributed by atoms with van der Waals surface area (Å²) in [5.41, 5.74) is 3.57. The number of rotatable bonds is 3. The first-order chi connectivity index (χ1) is 9.24. The number of nitrogens with zero attached hydrogens (tertiary/aromatic N) is 2. The van der Waals surface area contributed by atoms with E-state index in [-0.39, 0.29) is 6.61 Å². The van der Waals surface area contributed by atoms with E-state index in [9.17, 15) is 5.11 Å². The highest BCUT2D eigenvalue weighted by atomic mass is 16.5. The van der Waals surface area contributed by atoms with Crippen molar-refractivity contribution in [2.24, 2.45) is 10.2 Å². The van der Waals surface area contributed by atoms with Crippen molar-refractivity contribution in [2.75, 3.05) is 6.61 Å². The van der Waals surface area contributed by atoms with Crippen LogP contribution in [0.5, 0.6) is 5.75 Å².